The average Bonchev–Trinajstić information content (AvgIpc) is 2.98. The minimum absolute atomic E-state index is 0. The van der Waals surface area contributed by atoms with Gasteiger partial charge in [-0.2, -0.15) is 0 Å². The second-order valence-electron chi connectivity index (χ2n) is 7.06. The summed E-state index contributed by atoms with van der Waals surface area (Å²) in [5.41, 5.74) is 2.13. The summed E-state index contributed by atoms with van der Waals surface area (Å²) in [6, 6.07) is 18.9. The van der Waals surface area contributed by atoms with Gasteiger partial charge in [0.2, 0.25) is 0 Å². The number of methoxy groups -OCH3 is 1. The average molecular weight is 378 g/mol. The quantitative estimate of drug-likeness (QED) is 0.634. The van der Waals surface area contributed by atoms with Crippen LogP contribution in [0.15, 0.2) is 54.6 Å². The minimum atomic E-state index is 0. The largest absolute Gasteiger partial charge is 0.497 e. The molecule has 0 unspecified atom stereocenters. The van der Waals surface area contributed by atoms with Crippen LogP contribution in [0.4, 0.5) is 5.82 Å². The summed E-state index contributed by atoms with van der Waals surface area (Å²) in [4.78, 5) is 10.1. The molecule has 0 amide bonds. The van der Waals surface area contributed by atoms with Gasteiger partial charge in [-0.25, -0.2) is 4.98 Å². The molecule has 1 aliphatic heterocycles. The molecule has 0 spiro atoms. The lowest BCUT2D eigenvalue weighted by molar-refractivity contribution is 0.310. The molecular weight excluding hydrogens is 346 g/mol. The maximum Gasteiger partial charge on any atom is 0.137 e. The smallest absolute Gasteiger partial charge is 0.137 e. The first-order valence-corrected chi connectivity index (χ1v) is 9.80. The molecule has 0 bridgehead atoms. The molecule has 0 saturated carbocycles. The van der Waals surface area contributed by atoms with Crippen molar-refractivity contribution in [1.29, 1.82) is 0 Å². The van der Waals surface area contributed by atoms with E-state index in [0.29, 0.717) is 0 Å². The summed E-state index contributed by atoms with van der Waals surface area (Å²) in [5.74, 6) is 1.98. The first-order chi connectivity index (χ1) is 13.3. The van der Waals surface area contributed by atoms with E-state index >= 15 is 0 Å². The zero-order valence-electron chi connectivity index (χ0n) is 16.2. The topological polar surface area (TPSA) is 28.6 Å². The number of nitrogens with zero attached hydrogens (tertiary/aromatic N) is 3. The van der Waals surface area contributed by atoms with Crippen LogP contribution in [0.1, 0.15) is 20.8 Å². The van der Waals surface area contributed by atoms with Gasteiger partial charge in [0.05, 0.1) is 12.8 Å². The maximum atomic E-state index is 5.30. The molecule has 0 radical (unpaired) electrons. The number of hydrogen-bond donors (Lipinski definition) is 0. The van der Waals surface area contributed by atoms with Gasteiger partial charge in [0.1, 0.15) is 11.6 Å². The number of ether oxygens (including phenoxy) is 1. The lowest BCUT2D eigenvalue weighted by Crippen LogP contribution is -2.31. The molecule has 0 atom stereocenters. The van der Waals surface area contributed by atoms with E-state index in [4.69, 9.17) is 9.72 Å². The molecule has 4 heteroatoms. The molecule has 1 aliphatic rings. The third-order valence-electron chi connectivity index (χ3n) is 5.44. The highest BCUT2D eigenvalue weighted by molar-refractivity contribution is 5.95. The summed E-state index contributed by atoms with van der Waals surface area (Å²) in [5, 5.41) is 2.48. The molecule has 4 nitrogen and oxygen atoms in total. The monoisotopic (exact) mass is 377 g/mol. The fourth-order valence-corrected chi connectivity index (χ4v) is 3.83. The van der Waals surface area contributed by atoms with Crippen LogP contribution in [0, 0.1) is 0 Å². The van der Waals surface area contributed by atoms with Gasteiger partial charge in [-0.1, -0.05) is 38.6 Å². The highest BCUT2D eigenvalue weighted by Crippen LogP contribution is 2.31. The van der Waals surface area contributed by atoms with Crippen molar-refractivity contribution >= 4 is 16.6 Å². The van der Waals surface area contributed by atoms with E-state index in [9.17, 15) is 0 Å². The number of hydrogen-bond acceptors (Lipinski definition) is 4. The standard InChI is InChI=1S/C23H27N3O.CH4/c1-3-25-13-6-14-26(16-15-25)23-21-8-5-4-7-19(21)17-22(24-23)18-9-11-20(27-2)12-10-18;/h4-5,7-12,17H,3,6,13-16H2,1-2H3;1H4. The number of fused-ring (bicyclic) bond motifs is 1. The number of anilines is 1. The minimum Gasteiger partial charge on any atom is -0.497 e. The molecule has 148 valence electrons. The zero-order chi connectivity index (χ0) is 18.6. The fraction of sp³-hybridized carbons (Fsp3) is 0.375. The molecule has 4 rings (SSSR count). The van der Waals surface area contributed by atoms with Crippen LogP contribution >= 0.6 is 0 Å². The van der Waals surface area contributed by atoms with E-state index in [1.807, 2.05) is 12.1 Å². The van der Waals surface area contributed by atoms with Gasteiger partial charge in [-0.05, 0) is 55.2 Å². The third-order valence-corrected chi connectivity index (χ3v) is 5.44. The van der Waals surface area contributed by atoms with Crippen molar-refractivity contribution in [2.75, 3.05) is 44.7 Å². The van der Waals surface area contributed by atoms with Crippen LogP contribution in [0.3, 0.4) is 0 Å². The predicted octanol–water partition coefficient (Wildman–Crippen LogP) is 5.08. The highest BCUT2D eigenvalue weighted by Gasteiger charge is 2.18. The van der Waals surface area contributed by atoms with Crippen LogP contribution in [0.5, 0.6) is 5.75 Å². The zero-order valence-corrected chi connectivity index (χ0v) is 16.2. The lowest BCUT2D eigenvalue weighted by atomic mass is 10.1. The summed E-state index contributed by atoms with van der Waals surface area (Å²) in [6.45, 7) is 7.71. The Morgan fingerprint density at radius 1 is 0.964 bits per heavy atom. The molecular formula is C24H31N3O. The van der Waals surface area contributed by atoms with Gasteiger partial charge in [0.15, 0.2) is 0 Å². The van der Waals surface area contributed by atoms with Crippen LogP contribution in [0.25, 0.3) is 22.0 Å². The van der Waals surface area contributed by atoms with E-state index in [1.165, 1.54) is 23.7 Å². The number of aromatic nitrogens is 1. The molecule has 1 saturated heterocycles. The lowest BCUT2D eigenvalue weighted by Gasteiger charge is -2.24. The Kier molecular flexibility index (Phi) is 6.53. The van der Waals surface area contributed by atoms with E-state index in [1.54, 1.807) is 7.11 Å². The summed E-state index contributed by atoms with van der Waals surface area (Å²) >= 11 is 0. The van der Waals surface area contributed by atoms with Crippen molar-refractivity contribution in [3.05, 3.63) is 54.6 Å². The molecule has 0 aliphatic carbocycles. The van der Waals surface area contributed by atoms with Gasteiger partial charge in [-0.3, -0.25) is 0 Å². The van der Waals surface area contributed by atoms with Crippen molar-refractivity contribution in [2.45, 2.75) is 20.8 Å². The normalized spacial score (nSPS) is 15.1. The van der Waals surface area contributed by atoms with Crippen molar-refractivity contribution in [3.8, 4) is 17.0 Å². The van der Waals surface area contributed by atoms with Crippen LogP contribution in [-0.2, 0) is 0 Å². The van der Waals surface area contributed by atoms with Crippen LogP contribution in [-0.4, -0.2) is 49.7 Å². The second kappa shape index (κ2) is 9.07. The number of benzene rings is 2. The maximum absolute atomic E-state index is 5.30. The number of pyridine rings is 1. The summed E-state index contributed by atoms with van der Waals surface area (Å²) in [7, 11) is 1.69. The molecule has 0 N–H and O–H groups in total. The Morgan fingerprint density at radius 2 is 1.75 bits per heavy atom. The van der Waals surface area contributed by atoms with Crippen molar-refractivity contribution in [2.24, 2.45) is 0 Å². The Labute approximate surface area is 168 Å². The van der Waals surface area contributed by atoms with Gasteiger partial charge < -0.3 is 14.5 Å². The van der Waals surface area contributed by atoms with Gasteiger partial charge >= 0.3 is 0 Å². The highest BCUT2D eigenvalue weighted by atomic mass is 16.5. The van der Waals surface area contributed by atoms with Crippen molar-refractivity contribution < 1.29 is 4.74 Å². The molecule has 2 heterocycles. The molecule has 28 heavy (non-hydrogen) atoms. The van der Waals surface area contributed by atoms with E-state index in [-0.39, 0.29) is 7.43 Å². The Balaban J connectivity index is 0.00000225. The number of likely N-dealkylation sites (N-methyl/N-ethyl adjacent to an activating group) is 1. The van der Waals surface area contributed by atoms with Crippen molar-refractivity contribution in [3.63, 3.8) is 0 Å². The fourth-order valence-electron chi connectivity index (χ4n) is 3.83. The predicted molar refractivity (Wildman–Crippen MR) is 119 cm³/mol. The van der Waals surface area contributed by atoms with Gasteiger partial charge in [-0.15, -0.1) is 0 Å². The summed E-state index contributed by atoms with van der Waals surface area (Å²) < 4.78 is 5.30. The SMILES string of the molecule is C.CCN1CCCN(c2nc(-c3ccc(OC)cc3)cc3ccccc23)CC1. The molecule has 2 aromatic carbocycles. The summed E-state index contributed by atoms with van der Waals surface area (Å²) in [6.07, 6.45) is 1.18. The van der Waals surface area contributed by atoms with Gasteiger partial charge in [0, 0.05) is 30.6 Å². The second-order valence-corrected chi connectivity index (χ2v) is 7.06. The Bertz CT molecular complexity index is 907. The molecule has 1 fully saturated rings. The Hall–Kier alpha value is -2.59. The molecule has 1 aromatic heterocycles. The number of rotatable bonds is 4. The first-order valence-electron chi connectivity index (χ1n) is 9.80. The van der Waals surface area contributed by atoms with Crippen molar-refractivity contribution in [1.82, 2.24) is 9.88 Å². The van der Waals surface area contributed by atoms with Gasteiger partial charge in [0.25, 0.3) is 0 Å². The third kappa shape index (κ3) is 4.12. The van der Waals surface area contributed by atoms with E-state index in [0.717, 1.165) is 49.0 Å². The first kappa shape index (κ1) is 20.2. The molecule has 3 aromatic rings. The van der Waals surface area contributed by atoms with Crippen LogP contribution < -0.4 is 9.64 Å². The van der Waals surface area contributed by atoms with E-state index in [2.05, 4.69) is 59.2 Å². The van der Waals surface area contributed by atoms with E-state index < -0.39 is 0 Å². The Morgan fingerprint density at radius 3 is 2.50 bits per heavy atom. The van der Waals surface area contributed by atoms with Crippen LogP contribution in [0.2, 0.25) is 0 Å².